The minimum Gasteiger partial charge on any atom is -0.497 e. The molecule has 27 heavy (non-hydrogen) atoms. The van der Waals surface area contributed by atoms with Gasteiger partial charge in [-0.05, 0) is 29.8 Å². The van der Waals surface area contributed by atoms with Gasteiger partial charge in [-0.2, -0.15) is 0 Å². The third-order valence-corrected chi connectivity index (χ3v) is 4.97. The van der Waals surface area contributed by atoms with E-state index >= 15 is 0 Å². The number of anilines is 1. The molecule has 1 aromatic heterocycles. The van der Waals surface area contributed by atoms with E-state index in [0.717, 1.165) is 5.75 Å². The normalized spacial score (nSPS) is 10.3. The summed E-state index contributed by atoms with van der Waals surface area (Å²) in [5.41, 5.74) is 2.24. The number of nitrogens with zero attached hydrogens (tertiary/aromatic N) is 1. The summed E-state index contributed by atoms with van der Waals surface area (Å²) < 4.78 is 10.6. The second-order valence-electron chi connectivity index (χ2n) is 5.65. The van der Waals surface area contributed by atoms with Gasteiger partial charge in [0, 0.05) is 18.0 Å². The molecule has 0 radical (unpaired) electrons. The Labute approximate surface area is 162 Å². The smallest absolute Gasteiger partial charge is 0.258 e. The first-order valence-corrected chi connectivity index (χ1v) is 9.35. The van der Waals surface area contributed by atoms with E-state index in [2.05, 4.69) is 22.4 Å². The summed E-state index contributed by atoms with van der Waals surface area (Å²) in [5, 5.41) is 3.57. The Morgan fingerprint density at radius 2 is 1.85 bits per heavy atom. The van der Waals surface area contributed by atoms with Crippen LogP contribution in [0.4, 0.5) is 5.69 Å². The number of nitrogens with one attached hydrogen (secondary N) is 1. The van der Waals surface area contributed by atoms with E-state index in [9.17, 15) is 4.79 Å². The van der Waals surface area contributed by atoms with E-state index in [4.69, 9.17) is 9.47 Å². The predicted molar refractivity (Wildman–Crippen MR) is 108 cm³/mol. The van der Waals surface area contributed by atoms with Gasteiger partial charge in [0.2, 0.25) is 0 Å². The van der Waals surface area contributed by atoms with Crippen molar-refractivity contribution in [2.24, 2.45) is 0 Å². The molecule has 138 valence electrons. The van der Waals surface area contributed by atoms with Crippen LogP contribution < -0.4 is 14.8 Å². The summed E-state index contributed by atoms with van der Waals surface area (Å²) in [6, 6.07) is 18.9. The van der Waals surface area contributed by atoms with Crippen molar-refractivity contribution in [1.29, 1.82) is 0 Å². The van der Waals surface area contributed by atoms with Gasteiger partial charge in [-0.1, -0.05) is 30.3 Å². The van der Waals surface area contributed by atoms with Crippen LogP contribution in [0.25, 0.3) is 0 Å². The van der Waals surface area contributed by atoms with Crippen LogP contribution in [-0.2, 0) is 5.75 Å². The van der Waals surface area contributed by atoms with E-state index in [-0.39, 0.29) is 5.91 Å². The second-order valence-corrected chi connectivity index (χ2v) is 6.61. The molecule has 0 aliphatic heterocycles. The highest BCUT2D eigenvalue weighted by Crippen LogP contribution is 2.30. The van der Waals surface area contributed by atoms with E-state index < -0.39 is 0 Å². The van der Waals surface area contributed by atoms with Crippen molar-refractivity contribution in [2.75, 3.05) is 19.5 Å². The summed E-state index contributed by atoms with van der Waals surface area (Å²) in [6.45, 7) is 0. The number of methoxy groups -OCH3 is 2. The molecule has 0 atom stereocenters. The van der Waals surface area contributed by atoms with Crippen LogP contribution >= 0.6 is 11.8 Å². The first kappa shape index (κ1) is 18.8. The first-order valence-electron chi connectivity index (χ1n) is 8.36. The number of hydrogen-bond donors (Lipinski definition) is 1. The molecule has 0 saturated heterocycles. The molecule has 0 saturated carbocycles. The Balaban J connectivity index is 1.79. The largest absolute Gasteiger partial charge is 0.497 e. The van der Waals surface area contributed by atoms with Crippen molar-refractivity contribution in [2.45, 2.75) is 10.8 Å². The number of pyridine rings is 1. The van der Waals surface area contributed by atoms with Gasteiger partial charge in [0.15, 0.2) is 0 Å². The van der Waals surface area contributed by atoms with Gasteiger partial charge >= 0.3 is 0 Å². The number of benzene rings is 2. The van der Waals surface area contributed by atoms with Crippen LogP contribution in [0.5, 0.6) is 11.5 Å². The predicted octanol–water partition coefficient (Wildman–Crippen LogP) is 4.64. The fourth-order valence-electron chi connectivity index (χ4n) is 2.51. The van der Waals surface area contributed by atoms with Gasteiger partial charge in [0.1, 0.15) is 16.5 Å². The topological polar surface area (TPSA) is 60.5 Å². The van der Waals surface area contributed by atoms with Gasteiger partial charge in [0.05, 0.1) is 25.5 Å². The average Bonchev–Trinajstić information content (AvgIpc) is 2.73. The van der Waals surface area contributed by atoms with Crippen molar-refractivity contribution in [3.05, 3.63) is 78.0 Å². The Morgan fingerprint density at radius 1 is 1.04 bits per heavy atom. The molecule has 0 aliphatic carbocycles. The number of amides is 1. The van der Waals surface area contributed by atoms with Crippen LogP contribution in [0.15, 0.2) is 71.9 Å². The SMILES string of the molecule is COc1ccc(OC)c(NC(=O)c2cccnc2SCc2ccccc2)c1. The van der Waals surface area contributed by atoms with E-state index in [1.807, 2.05) is 18.2 Å². The van der Waals surface area contributed by atoms with Crippen molar-refractivity contribution in [1.82, 2.24) is 4.98 Å². The van der Waals surface area contributed by atoms with Crippen LogP contribution in [0.2, 0.25) is 0 Å². The van der Waals surface area contributed by atoms with Crippen molar-refractivity contribution in [3.63, 3.8) is 0 Å². The molecule has 0 unspecified atom stereocenters. The maximum atomic E-state index is 12.9. The number of thioether (sulfide) groups is 1. The summed E-state index contributed by atoms with van der Waals surface area (Å²) in [4.78, 5) is 17.2. The van der Waals surface area contributed by atoms with Crippen molar-refractivity contribution in [3.8, 4) is 11.5 Å². The highest BCUT2D eigenvalue weighted by molar-refractivity contribution is 7.98. The average molecular weight is 380 g/mol. The molecule has 6 heteroatoms. The molecular weight excluding hydrogens is 360 g/mol. The molecule has 3 aromatic rings. The third-order valence-electron chi connectivity index (χ3n) is 3.89. The minimum absolute atomic E-state index is 0.245. The molecule has 0 spiro atoms. The van der Waals surface area contributed by atoms with Crippen LogP contribution in [0.3, 0.4) is 0 Å². The summed E-state index contributed by atoms with van der Waals surface area (Å²) in [7, 11) is 3.13. The van der Waals surface area contributed by atoms with E-state index in [1.54, 1.807) is 50.7 Å². The fraction of sp³-hybridized carbons (Fsp3) is 0.143. The second kappa shape index (κ2) is 9.09. The molecule has 1 N–H and O–H groups in total. The van der Waals surface area contributed by atoms with E-state index in [1.165, 1.54) is 17.3 Å². The summed E-state index contributed by atoms with van der Waals surface area (Å²) in [6.07, 6.45) is 1.69. The number of hydrogen-bond acceptors (Lipinski definition) is 5. The Hall–Kier alpha value is -2.99. The Morgan fingerprint density at radius 3 is 2.59 bits per heavy atom. The Kier molecular flexibility index (Phi) is 6.33. The maximum Gasteiger partial charge on any atom is 0.258 e. The van der Waals surface area contributed by atoms with Gasteiger partial charge < -0.3 is 14.8 Å². The lowest BCUT2D eigenvalue weighted by atomic mass is 10.2. The van der Waals surface area contributed by atoms with Gasteiger partial charge in [0.25, 0.3) is 5.91 Å². The first-order chi connectivity index (χ1) is 13.2. The van der Waals surface area contributed by atoms with Crippen LogP contribution in [0, 0.1) is 0 Å². The molecule has 0 bridgehead atoms. The van der Waals surface area contributed by atoms with Gasteiger partial charge in [-0.15, -0.1) is 11.8 Å². The number of aromatic nitrogens is 1. The zero-order valence-corrected chi connectivity index (χ0v) is 16.0. The molecule has 2 aromatic carbocycles. The molecule has 3 rings (SSSR count). The quantitative estimate of drug-likeness (QED) is 0.605. The van der Waals surface area contributed by atoms with Crippen LogP contribution in [0.1, 0.15) is 15.9 Å². The molecule has 5 nitrogen and oxygen atoms in total. The fourth-order valence-corrected chi connectivity index (χ4v) is 3.45. The van der Waals surface area contributed by atoms with Gasteiger partial charge in [-0.25, -0.2) is 4.98 Å². The summed E-state index contributed by atoms with van der Waals surface area (Å²) in [5.74, 6) is 1.69. The number of ether oxygens (including phenoxy) is 2. The zero-order chi connectivity index (χ0) is 19.1. The lowest BCUT2D eigenvalue weighted by Gasteiger charge is -2.13. The molecule has 1 amide bonds. The van der Waals surface area contributed by atoms with Crippen LogP contribution in [-0.4, -0.2) is 25.1 Å². The number of carbonyl (C=O) groups is 1. The van der Waals surface area contributed by atoms with Gasteiger partial charge in [-0.3, -0.25) is 4.79 Å². The maximum absolute atomic E-state index is 12.9. The minimum atomic E-state index is -0.245. The highest BCUT2D eigenvalue weighted by Gasteiger charge is 2.15. The monoisotopic (exact) mass is 380 g/mol. The standard InChI is InChI=1S/C21H20N2O3S/c1-25-16-10-11-19(26-2)18(13-16)23-20(24)17-9-6-12-22-21(17)27-14-15-7-4-3-5-8-15/h3-13H,14H2,1-2H3,(H,23,24). The lowest BCUT2D eigenvalue weighted by molar-refractivity contribution is 0.102. The molecule has 1 heterocycles. The molecule has 0 aliphatic rings. The number of rotatable bonds is 7. The number of carbonyl (C=O) groups excluding carboxylic acids is 1. The zero-order valence-electron chi connectivity index (χ0n) is 15.1. The highest BCUT2D eigenvalue weighted by atomic mass is 32.2. The third kappa shape index (κ3) is 4.80. The Bertz CT molecular complexity index is 916. The molecule has 0 fully saturated rings. The summed E-state index contributed by atoms with van der Waals surface area (Å²) >= 11 is 1.53. The molecular formula is C21H20N2O3S. The van der Waals surface area contributed by atoms with E-state index in [0.29, 0.717) is 27.8 Å². The van der Waals surface area contributed by atoms with Crippen molar-refractivity contribution >= 4 is 23.4 Å². The van der Waals surface area contributed by atoms with Crippen molar-refractivity contribution < 1.29 is 14.3 Å². The lowest BCUT2D eigenvalue weighted by Crippen LogP contribution is -2.14.